The van der Waals surface area contributed by atoms with Crippen molar-refractivity contribution in [3.05, 3.63) is 109 Å². The number of rotatable bonds is 4. The fraction of sp³-hybridized carbons (Fsp3) is 0.172. The molecular formula is C29H22I2N2O4S. The Hall–Kier alpha value is -2.64. The van der Waals surface area contributed by atoms with Gasteiger partial charge in [0, 0.05) is 5.56 Å². The van der Waals surface area contributed by atoms with Gasteiger partial charge in [-0.2, -0.15) is 0 Å². The normalized spacial score (nSPS) is 16.4. The Bertz CT molecular complexity index is 1800. The highest BCUT2D eigenvalue weighted by Crippen LogP contribution is 2.42. The Morgan fingerprint density at radius 3 is 2.50 bits per heavy atom. The summed E-state index contributed by atoms with van der Waals surface area (Å²) >= 11 is 5.60. The van der Waals surface area contributed by atoms with Crippen LogP contribution in [0.5, 0.6) is 17.2 Å². The summed E-state index contributed by atoms with van der Waals surface area (Å²) in [5, 5.41) is 10.2. The van der Waals surface area contributed by atoms with E-state index in [4.69, 9.17) is 14.5 Å². The summed E-state index contributed by atoms with van der Waals surface area (Å²) in [4.78, 5) is 19.7. The van der Waals surface area contributed by atoms with Gasteiger partial charge in [0.05, 0.1) is 37.6 Å². The molecule has 2 aliphatic rings. The molecule has 6 rings (SSSR count). The molecule has 0 spiro atoms. The van der Waals surface area contributed by atoms with E-state index < -0.39 is 0 Å². The van der Waals surface area contributed by atoms with E-state index in [1.54, 1.807) is 14.2 Å². The molecule has 9 heteroatoms. The van der Waals surface area contributed by atoms with E-state index in [-0.39, 0.29) is 17.4 Å². The molecule has 3 aromatic carbocycles. The van der Waals surface area contributed by atoms with Gasteiger partial charge >= 0.3 is 0 Å². The number of phenols is 1. The van der Waals surface area contributed by atoms with Crippen LogP contribution in [-0.2, 0) is 6.42 Å². The third-order valence-corrected chi connectivity index (χ3v) is 9.56. The summed E-state index contributed by atoms with van der Waals surface area (Å²) in [6.07, 6.45) is 3.59. The van der Waals surface area contributed by atoms with E-state index in [2.05, 4.69) is 63.4 Å². The van der Waals surface area contributed by atoms with Crippen molar-refractivity contribution in [2.24, 2.45) is 4.99 Å². The number of hydrogen-bond acceptors (Lipinski definition) is 6. The molecule has 6 nitrogen and oxygen atoms in total. The molecule has 1 atom stereocenters. The minimum Gasteiger partial charge on any atom is -0.506 e. The number of thiazole rings is 1. The van der Waals surface area contributed by atoms with Crippen LogP contribution in [0.25, 0.3) is 11.8 Å². The summed E-state index contributed by atoms with van der Waals surface area (Å²) in [6.45, 7) is 0. The number of hydrogen-bond donors (Lipinski definition) is 1. The monoisotopic (exact) mass is 748 g/mol. The molecule has 0 saturated carbocycles. The van der Waals surface area contributed by atoms with Crippen molar-refractivity contribution in [1.82, 2.24) is 4.57 Å². The van der Waals surface area contributed by atoms with Gasteiger partial charge in [-0.1, -0.05) is 41.7 Å². The molecule has 4 aromatic rings. The van der Waals surface area contributed by atoms with Gasteiger partial charge < -0.3 is 14.6 Å². The number of benzene rings is 3. The molecule has 0 radical (unpaired) electrons. The van der Waals surface area contributed by atoms with E-state index in [0.717, 1.165) is 47.9 Å². The van der Waals surface area contributed by atoms with E-state index >= 15 is 0 Å². The Kier molecular flexibility index (Phi) is 6.85. The maximum atomic E-state index is 14.0. The van der Waals surface area contributed by atoms with Crippen LogP contribution in [0.1, 0.15) is 34.7 Å². The second kappa shape index (κ2) is 10.2. The smallest absolute Gasteiger partial charge is 0.271 e. The van der Waals surface area contributed by atoms with Crippen LogP contribution in [0.4, 0.5) is 0 Å². The average Bonchev–Trinajstić information content (AvgIpc) is 3.24. The summed E-state index contributed by atoms with van der Waals surface area (Å²) in [6, 6.07) is 17.7. The zero-order valence-corrected chi connectivity index (χ0v) is 25.6. The number of aryl methyl sites for hydroxylation is 1. The fourth-order valence-electron chi connectivity index (χ4n) is 5.17. The molecule has 1 aliphatic heterocycles. The molecule has 0 bridgehead atoms. The maximum absolute atomic E-state index is 14.0. The molecule has 1 aliphatic carbocycles. The Labute approximate surface area is 250 Å². The molecule has 1 aromatic heterocycles. The van der Waals surface area contributed by atoms with Crippen molar-refractivity contribution < 1.29 is 14.6 Å². The predicted molar refractivity (Wildman–Crippen MR) is 166 cm³/mol. The van der Waals surface area contributed by atoms with Crippen LogP contribution < -0.4 is 24.4 Å². The van der Waals surface area contributed by atoms with Crippen molar-refractivity contribution >= 4 is 68.3 Å². The Morgan fingerprint density at radius 2 is 1.76 bits per heavy atom. The van der Waals surface area contributed by atoms with Gasteiger partial charge in [0.1, 0.15) is 5.75 Å². The lowest BCUT2D eigenvalue weighted by Crippen LogP contribution is -2.38. The van der Waals surface area contributed by atoms with E-state index in [1.165, 1.54) is 16.9 Å². The molecule has 0 unspecified atom stereocenters. The highest BCUT2D eigenvalue weighted by molar-refractivity contribution is 14.1. The molecule has 38 heavy (non-hydrogen) atoms. The minimum absolute atomic E-state index is 0.0861. The number of fused-ring (bicyclic) bond motifs is 3. The second-order valence-corrected chi connectivity index (χ2v) is 12.4. The van der Waals surface area contributed by atoms with E-state index in [9.17, 15) is 9.90 Å². The third-order valence-electron chi connectivity index (χ3n) is 6.93. The van der Waals surface area contributed by atoms with Gasteiger partial charge in [0.15, 0.2) is 16.3 Å². The van der Waals surface area contributed by atoms with E-state index in [0.29, 0.717) is 20.8 Å². The summed E-state index contributed by atoms with van der Waals surface area (Å²) < 4.78 is 15.0. The molecule has 2 heterocycles. The minimum atomic E-state index is -0.309. The lowest BCUT2D eigenvalue weighted by Gasteiger charge is -2.31. The van der Waals surface area contributed by atoms with Crippen LogP contribution >= 0.6 is 56.5 Å². The van der Waals surface area contributed by atoms with Crippen molar-refractivity contribution in [3.63, 3.8) is 0 Å². The first kappa shape index (κ1) is 25.6. The SMILES string of the molecule is COc1ccc([C@@H]2C3=C(N=c4s/c(=C\c5cc(I)c(O)c(I)c5)c(=O)n42)c2ccccc2CC3)cc1OC. The van der Waals surface area contributed by atoms with Gasteiger partial charge in [0.25, 0.3) is 5.56 Å². The number of ether oxygens (including phenoxy) is 2. The summed E-state index contributed by atoms with van der Waals surface area (Å²) in [5.41, 5.74) is 6.20. The number of aromatic nitrogens is 1. The Balaban J connectivity index is 1.62. The first-order chi connectivity index (χ1) is 18.4. The lowest BCUT2D eigenvalue weighted by molar-refractivity contribution is 0.354. The first-order valence-electron chi connectivity index (χ1n) is 11.9. The van der Waals surface area contributed by atoms with Crippen LogP contribution in [-0.4, -0.2) is 23.9 Å². The number of aromatic hydroxyl groups is 1. The van der Waals surface area contributed by atoms with Crippen molar-refractivity contribution in [3.8, 4) is 17.2 Å². The van der Waals surface area contributed by atoms with E-state index in [1.807, 2.05) is 47.0 Å². The zero-order chi connectivity index (χ0) is 26.6. The molecule has 0 fully saturated rings. The van der Waals surface area contributed by atoms with Gasteiger partial charge in [-0.25, -0.2) is 4.99 Å². The van der Waals surface area contributed by atoms with Crippen LogP contribution in [0.15, 0.2) is 70.0 Å². The van der Waals surface area contributed by atoms with Crippen molar-refractivity contribution in [2.45, 2.75) is 18.9 Å². The van der Waals surface area contributed by atoms with Crippen molar-refractivity contribution in [1.29, 1.82) is 0 Å². The number of allylic oxidation sites excluding steroid dienone is 1. The van der Waals surface area contributed by atoms with Gasteiger partial charge in [-0.05, 0) is 111 Å². The summed E-state index contributed by atoms with van der Waals surface area (Å²) in [7, 11) is 3.24. The largest absolute Gasteiger partial charge is 0.506 e. The standard InChI is InChI=1S/C29H22I2N2O4S/c1-36-22-10-8-17(14-23(22)37-2)26-19-9-7-16-5-3-4-6-18(16)25(19)32-29-33(26)28(35)24(38-29)13-15-11-20(30)27(34)21(31)12-15/h3-6,8,10-14,26,34H,7,9H2,1-2H3/b24-13-/t26-/m1/s1. The fourth-order valence-corrected chi connectivity index (χ4v) is 7.98. The number of methoxy groups -OCH3 is 2. The molecular weight excluding hydrogens is 726 g/mol. The topological polar surface area (TPSA) is 73.0 Å². The molecule has 1 N–H and O–H groups in total. The molecule has 0 saturated heterocycles. The van der Waals surface area contributed by atoms with Crippen LogP contribution in [0, 0.1) is 7.14 Å². The maximum Gasteiger partial charge on any atom is 0.271 e. The number of halogens is 2. The highest BCUT2D eigenvalue weighted by atomic mass is 127. The van der Waals surface area contributed by atoms with Gasteiger partial charge in [-0.3, -0.25) is 9.36 Å². The number of nitrogens with zero attached hydrogens (tertiary/aromatic N) is 2. The number of phenolic OH excluding ortho intramolecular Hbond substituents is 1. The first-order valence-corrected chi connectivity index (χ1v) is 14.9. The highest BCUT2D eigenvalue weighted by Gasteiger charge is 2.33. The van der Waals surface area contributed by atoms with Crippen molar-refractivity contribution in [2.75, 3.05) is 14.2 Å². The van der Waals surface area contributed by atoms with Gasteiger partial charge in [-0.15, -0.1) is 0 Å². The second-order valence-electron chi connectivity index (χ2n) is 9.06. The molecule has 192 valence electrons. The quantitative estimate of drug-likeness (QED) is 0.290. The Morgan fingerprint density at radius 1 is 1.03 bits per heavy atom. The van der Waals surface area contributed by atoms with Crippen LogP contribution in [0.3, 0.4) is 0 Å². The summed E-state index contributed by atoms with van der Waals surface area (Å²) in [5.74, 6) is 1.52. The van der Waals surface area contributed by atoms with Crippen LogP contribution in [0.2, 0.25) is 0 Å². The third kappa shape index (κ3) is 4.28. The average molecular weight is 748 g/mol. The zero-order valence-electron chi connectivity index (χ0n) is 20.5. The predicted octanol–water partition coefficient (Wildman–Crippen LogP) is 5.25. The van der Waals surface area contributed by atoms with Gasteiger partial charge in [0.2, 0.25) is 0 Å². The lowest BCUT2D eigenvalue weighted by atomic mass is 9.83. The molecule has 0 amide bonds.